The smallest absolute Gasteiger partial charge is 0.179 e. The van der Waals surface area contributed by atoms with Gasteiger partial charge in [-0.05, 0) is 32.4 Å². The van der Waals surface area contributed by atoms with Crippen LogP contribution in [0.3, 0.4) is 0 Å². The van der Waals surface area contributed by atoms with E-state index in [1.807, 2.05) is 19.9 Å². The van der Waals surface area contributed by atoms with Gasteiger partial charge in [0.2, 0.25) is 0 Å². The van der Waals surface area contributed by atoms with E-state index in [9.17, 15) is 4.39 Å². The zero-order chi connectivity index (χ0) is 13.1. The molecule has 0 saturated carbocycles. The number of aromatic nitrogens is 2. The van der Waals surface area contributed by atoms with Gasteiger partial charge in [-0.15, -0.1) is 10.2 Å². The molecule has 2 N–H and O–H groups in total. The molecule has 0 aliphatic carbocycles. The molecule has 0 radical (unpaired) electrons. The van der Waals surface area contributed by atoms with E-state index in [1.165, 1.54) is 29.2 Å². The Kier molecular flexibility index (Phi) is 4.31. The molecule has 0 aliphatic rings. The van der Waals surface area contributed by atoms with E-state index >= 15 is 0 Å². The first kappa shape index (κ1) is 13.5. The van der Waals surface area contributed by atoms with E-state index in [-0.39, 0.29) is 11.9 Å². The molecule has 1 atom stereocenters. The zero-order valence-electron chi connectivity index (χ0n) is 10.2. The first-order chi connectivity index (χ1) is 8.56. The summed E-state index contributed by atoms with van der Waals surface area (Å²) in [6.07, 6.45) is 0.521. The van der Waals surface area contributed by atoms with Crippen molar-refractivity contribution in [3.05, 3.63) is 34.6 Å². The number of hydrogen-bond donors (Lipinski definition) is 1. The van der Waals surface area contributed by atoms with Crippen molar-refractivity contribution in [2.45, 2.75) is 35.5 Å². The number of benzene rings is 1. The summed E-state index contributed by atoms with van der Waals surface area (Å²) in [6.45, 7) is 3.77. The third-order valence-electron chi connectivity index (χ3n) is 2.31. The Hall–Kier alpha value is -0.980. The molecule has 3 nitrogen and oxygen atoms in total. The fourth-order valence-corrected chi connectivity index (χ4v) is 3.50. The summed E-state index contributed by atoms with van der Waals surface area (Å²) in [5, 5.41) is 8.90. The first-order valence-electron chi connectivity index (χ1n) is 5.57. The van der Waals surface area contributed by atoms with Gasteiger partial charge in [-0.1, -0.05) is 29.2 Å². The van der Waals surface area contributed by atoms with Gasteiger partial charge in [-0.3, -0.25) is 0 Å². The quantitative estimate of drug-likeness (QED) is 0.937. The Labute approximate surface area is 114 Å². The van der Waals surface area contributed by atoms with E-state index in [1.54, 1.807) is 6.07 Å². The highest BCUT2D eigenvalue weighted by molar-refractivity contribution is 8.01. The van der Waals surface area contributed by atoms with E-state index < -0.39 is 0 Å². The van der Waals surface area contributed by atoms with E-state index in [0.717, 1.165) is 14.2 Å². The van der Waals surface area contributed by atoms with Crippen LogP contribution in [-0.4, -0.2) is 16.2 Å². The summed E-state index contributed by atoms with van der Waals surface area (Å²) in [5.41, 5.74) is 6.42. The van der Waals surface area contributed by atoms with Crippen LogP contribution in [0.1, 0.15) is 17.5 Å². The van der Waals surface area contributed by atoms with Crippen LogP contribution in [0.5, 0.6) is 0 Å². The highest BCUT2D eigenvalue weighted by Gasteiger charge is 2.13. The highest BCUT2D eigenvalue weighted by Crippen LogP contribution is 2.33. The van der Waals surface area contributed by atoms with Gasteiger partial charge in [0, 0.05) is 16.5 Å². The van der Waals surface area contributed by atoms with Crippen LogP contribution in [0.15, 0.2) is 27.4 Å². The van der Waals surface area contributed by atoms with E-state index in [4.69, 9.17) is 5.73 Å². The van der Waals surface area contributed by atoms with Crippen LogP contribution in [0.2, 0.25) is 0 Å². The first-order valence-corrected chi connectivity index (χ1v) is 7.20. The van der Waals surface area contributed by atoms with Gasteiger partial charge in [0.1, 0.15) is 10.8 Å². The molecule has 0 aliphatic heterocycles. The second-order valence-corrected chi connectivity index (χ2v) is 6.56. The third kappa shape index (κ3) is 3.28. The largest absolute Gasteiger partial charge is 0.328 e. The molecule has 96 valence electrons. The van der Waals surface area contributed by atoms with Crippen LogP contribution in [-0.2, 0) is 6.42 Å². The number of halogens is 1. The molecule has 0 spiro atoms. The molecule has 0 amide bonds. The van der Waals surface area contributed by atoms with Crippen molar-refractivity contribution >= 4 is 23.1 Å². The van der Waals surface area contributed by atoms with Crippen LogP contribution in [0.4, 0.5) is 4.39 Å². The summed E-state index contributed by atoms with van der Waals surface area (Å²) in [6, 6.07) is 4.99. The van der Waals surface area contributed by atoms with Crippen LogP contribution < -0.4 is 5.73 Å². The fourth-order valence-electron chi connectivity index (χ4n) is 1.57. The highest BCUT2D eigenvalue weighted by atomic mass is 32.2. The Balaban J connectivity index is 2.29. The minimum Gasteiger partial charge on any atom is -0.328 e. The standard InChI is InChI=1S/C12H14FN3S2/c1-7(14)6-9-10(13)4-3-5-11(9)18-12-16-15-8(2)17-12/h3-5,7H,6,14H2,1-2H3. The van der Waals surface area contributed by atoms with Gasteiger partial charge >= 0.3 is 0 Å². The van der Waals surface area contributed by atoms with Crippen molar-refractivity contribution in [3.8, 4) is 0 Å². The molecule has 1 unspecified atom stereocenters. The Morgan fingerprint density at radius 3 is 2.83 bits per heavy atom. The second-order valence-electron chi connectivity index (χ2n) is 4.09. The second kappa shape index (κ2) is 5.77. The van der Waals surface area contributed by atoms with Crippen molar-refractivity contribution < 1.29 is 4.39 Å². The molecule has 2 aromatic rings. The van der Waals surface area contributed by atoms with Crippen molar-refractivity contribution in [2.24, 2.45) is 5.73 Å². The minimum absolute atomic E-state index is 0.0718. The molecule has 0 saturated heterocycles. The lowest BCUT2D eigenvalue weighted by molar-refractivity contribution is 0.588. The predicted octanol–water partition coefficient (Wildman–Crippen LogP) is 3.03. The number of nitrogens with two attached hydrogens (primary N) is 1. The predicted molar refractivity (Wildman–Crippen MR) is 72.5 cm³/mol. The maximum absolute atomic E-state index is 13.8. The fraction of sp³-hybridized carbons (Fsp3) is 0.333. The molecule has 2 rings (SSSR count). The van der Waals surface area contributed by atoms with Gasteiger partial charge in [0.05, 0.1) is 0 Å². The van der Waals surface area contributed by atoms with Gasteiger partial charge in [-0.25, -0.2) is 4.39 Å². The van der Waals surface area contributed by atoms with E-state index in [0.29, 0.717) is 12.0 Å². The normalized spacial score (nSPS) is 12.7. The molecular weight excluding hydrogens is 269 g/mol. The Bertz CT molecular complexity index is 540. The molecule has 0 fully saturated rings. The molecule has 1 aromatic heterocycles. The van der Waals surface area contributed by atoms with Crippen molar-refractivity contribution in [2.75, 3.05) is 0 Å². The van der Waals surface area contributed by atoms with E-state index in [2.05, 4.69) is 10.2 Å². The van der Waals surface area contributed by atoms with Gasteiger partial charge in [0.25, 0.3) is 0 Å². The molecule has 6 heteroatoms. The molecule has 0 bridgehead atoms. The minimum atomic E-state index is -0.210. The maximum atomic E-state index is 13.8. The van der Waals surface area contributed by atoms with Crippen molar-refractivity contribution in [1.82, 2.24) is 10.2 Å². The summed E-state index contributed by atoms with van der Waals surface area (Å²) >= 11 is 2.94. The third-order valence-corrected chi connectivity index (χ3v) is 4.30. The maximum Gasteiger partial charge on any atom is 0.179 e. The summed E-state index contributed by atoms with van der Waals surface area (Å²) in [7, 11) is 0. The molecule has 1 heterocycles. The topological polar surface area (TPSA) is 51.8 Å². The van der Waals surface area contributed by atoms with Crippen LogP contribution >= 0.6 is 23.1 Å². The lowest BCUT2D eigenvalue weighted by atomic mass is 10.1. The number of hydrogen-bond acceptors (Lipinski definition) is 5. The monoisotopic (exact) mass is 283 g/mol. The summed E-state index contributed by atoms with van der Waals surface area (Å²) < 4.78 is 14.6. The Morgan fingerprint density at radius 1 is 1.44 bits per heavy atom. The van der Waals surface area contributed by atoms with Crippen LogP contribution in [0.25, 0.3) is 0 Å². The van der Waals surface area contributed by atoms with Gasteiger partial charge < -0.3 is 5.73 Å². The van der Waals surface area contributed by atoms with Crippen molar-refractivity contribution in [1.29, 1.82) is 0 Å². The summed E-state index contributed by atoms with van der Waals surface area (Å²) in [5.74, 6) is -0.210. The number of rotatable bonds is 4. The zero-order valence-corrected chi connectivity index (χ0v) is 11.8. The molecular formula is C12H14FN3S2. The number of aryl methyl sites for hydroxylation is 1. The van der Waals surface area contributed by atoms with Gasteiger partial charge in [0.15, 0.2) is 4.34 Å². The number of nitrogens with zero attached hydrogens (tertiary/aromatic N) is 2. The molecule has 18 heavy (non-hydrogen) atoms. The summed E-state index contributed by atoms with van der Waals surface area (Å²) in [4.78, 5) is 0.864. The average molecular weight is 283 g/mol. The van der Waals surface area contributed by atoms with Gasteiger partial charge in [-0.2, -0.15) is 0 Å². The SMILES string of the molecule is Cc1nnc(Sc2cccc(F)c2CC(C)N)s1. The molecule has 1 aromatic carbocycles. The van der Waals surface area contributed by atoms with Crippen molar-refractivity contribution in [3.63, 3.8) is 0 Å². The lowest BCUT2D eigenvalue weighted by Gasteiger charge is -2.11. The van der Waals surface area contributed by atoms with Crippen LogP contribution in [0, 0.1) is 12.7 Å². The average Bonchev–Trinajstić information content (AvgIpc) is 2.69. The lowest BCUT2D eigenvalue weighted by Crippen LogP contribution is -2.19. The Morgan fingerprint density at radius 2 is 2.22 bits per heavy atom.